The lowest BCUT2D eigenvalue weighted by molar-refractivity contribution is -0.169. The number of thioether (sulfide) groups is 1. The zero-order valence-electron chi connectivity index (χ0n) is 31.2. The largest absolute Gasteiger partial charge is 0.504 e. The maximum absolute atomic E-state index is 13.6. The van der Waals surface area contributed by atoms with E-state index in [0.29, 0.717) is 77.5 Å². The van der Waals surface area contributed by atoms with Crippen LogP contribution < -0.4 is 24.3 Å². The summed E-state index contributed by atoms with van der Waals surface area (Å²) in [6.45, 7) is 5.47. The van der Waals surface area contributed by atoms with Gasteiger partial charge in [0.2, 0.25) is 6.79 Å². The molecule has 2 aromatic carbocycles. The highest BCUT2D eigenvalue weighted by Gasteiger charge is 2.64. The third-order valence-electron chi connectivity index (χ3n) is 12.7. The first-order valence-electron chi connectivity index (χ1n) is 18.7. The van der Waals surface area contributed by atoms with Crippen LogP contribution in [-0.4, -0.2) is 105 Å². The van der Waals surface area contributed by atoms with Crippen molar-refractivity contribution in [3.05, 3.63) is 74.9 Å². The van der Waals surface area contributed by atoms with E-state index in [1.807, 2.05) is 26.1 Å². The number of aromatic hydroxyl groups is 1. The molecule has 6 aliphatic heterocycles. The van der Waals surface area contributed by atoms with Crippen LogP contribution in [0.5, 0.6) is 28.7 Å². The van der Waals surface area contributed by atoms with Crippen molar-refractivity contribution >= 4 is 23.7 Å². The van der Waals surface area contributed by atoms with Gasteiger partial charge in [0.15, 0.2) is 40.1 Å². The molecule has 0 radical (unpaired) electrons. The summed E-state index contributed by atoms with van der Waals surface area (Å²) in [6, 6.07) is 1.65. The number of piperidine rings is 1. The summed E-state index contributed by atoms with van der Waals surface area (Å²) >= 11 is 1.48. The van der Waals surface area contributed by atoms with Crippen molar-refractivity contribution in [2.45, 2.75) is 93.6 Å². The molecule has 9 rings (SSSR count). The summed E-state index contributed by atoms with van der Waals surface area (Å²) in [7, 11) is 2.97. The number of esters is 1. The molecule has 1 aliphatic carbocycles. The Labute approximate surface area is 322 Å². The molecule has 292 valence electrons. The number of aliphatic hydroxyl groups excluding tert-OH is 2. The van der Waals surface area contributed by atoms with Crippen LogP contribution in [0.2, 0.25) is 0 Å². The predicted molar refractivity (Wildman–Crippen MR) is 199 cm³/mol. The minimum absolute atomic E-state index is 0.00499. The van der Waals surface area contributed by atoms with Crippen LogP contribution in [0.3, 0.4) is 0 Å². The molecule has 55 heavy (non-hydrogen) atoms. The number of hydrogen-bond acceptors (Lipinski definition) is 14. The highest BCUT2D eigenvalue weighted by atomic mass is 32.2. The lowest BCUT2D eigenvalue weighted by Gasteiger charge is -2.63. The van der Waals surface area contributed by atoms with E-state index >= 15 is 0 Å². The van der Waals surface area contributed by atoms with Gasteiger partial charge >= 0.3 is 11.9 Å². The number of carbonyl (C=O) groups is 2. The number of aliphatic carboxylic acids is 1. The maximum atomic E-state index is 13.6. The monoisotopic (exact) mass is 775 g/mol. The van der Waals surface area contributed by atoms with Crippen LogP contribution in [0.1, 0.15) is 72.9 Å². The molecule has 6 heterocycles. The van der Waals surface area contributed by atoms with Crippen molar-refractivity contribution in [2.75, 3.05) is 33.3 Å². The zero-order chi connectivity index (χ0) is 38.7. The maximum Gasteiger partial charge on any atom is 0.329 e. The van der Waals surface area contributed by atoms with E-state index in [4.69, 9.17) is 23.7 Å². The van der Waals surface area contributed by atoms with Crippen LogP contribution in [-0.2, 0) is 26.3 Å². The Morgan fingerprint density at radius 3 is 2.62 bits per heavy atom. The fourth-order valence-electron chi connectivity index (χ4n) is 10.4. The molecule has 1 saturated heterocycles. The molecule has 1 fully saturated rings. The SMILES string of the molecule is COC1=C(\O)C2=CN3[C@H]2C2[C@H](SC[C@@]4(C(=O)O)NCCc5cc(O)c(OC)cc54)C4CC(c5c6c(c(C)c(OC(C)=O)c54)OCO6)N2[C@@H](O)[C@@H]3CC/C=C\1C. The molecule has 2 aromatic rings. The van der Waals surface area contributed by atoms with E-state index < -0.39 is 41.0 Å². The normalized spacial score (nSPS) is 33.6. The van der Waals surface area contributed by atoms with Gasteiger partial charge in [0.1, 0.15) is 12.0 Å². The lowest BCUT2D eigenvalue weighted by Crippen LogP contribution is -2.74. The van der Waals surface area contributed by atoms with Gasteiger partial charge in [-0.25, -0.2) is 4.79 Å². The number of allylic oxidation sites excluding steroid dienone is 2. The Morgan fingerprint density at radius 1 is 1.11 bits per heavy atom. The summed E-state index contributed by atoms with van der Waals surface area (Å²) in [5.41, 5.74) is 3.36. The van der Waals surface area contributed by atoms with Crippen molar-refractivity contribution in [1.82, 2.24) is 15.1 Å². The summed E-state index contributed by atoms with van der Waals surface area (Å²) in [5, 5.41) is 49.1. The second kappa shape index (κ2) is 13.0. The Morgan fingerprint density at radius 2 is 1.89 bits per heavy atom. The number of phenols is 1. The smallest absolute Gasteiger partial charge is 0.329 e. The van der Waals surface area contributed by atoms with Gasteiger partial charge in [0.25, 0.3) is 0 Å². The first-order chi connectivity index (χ1) is 26.4. The van der Waals surface area contributed by atoms with Gasteiger partial charge in [-0.1, -0.05) is 6.08 Å². The Kier molecular flexibility index (Phi) is 8.53. The molecule has 3 unspecified atom stereocenters. The van der Waals surface area contributed by atoms with E-state index in [0.717, 1.165) is 16.7 Å². The number of benzene rings is 2. The number of carboxylic acid groups (broad SMARTS) is 1. The molecule has 0 aromatic heterocycles. The number of piperazine rings is 1. The number of aliphatic hydroxyl groups is 2. The number of nitrogens with zero attached hydrogens (tertiary/aromatic N) is 2. The van der Waals surface area contributed by atoms with Crippen LogP contribution in [0.25, 0.3) is 0 Å². The van der Waals surface area contributed by atoms with Gasteiger partial charge in [-0.2, -0.15) is 11.8 Å². The predicted octanol–water partition coefficient (Wildman–Crippen LogP) is 4.23. The van der Waals surface area contributed by atoms with Gasteiger partial charge in [0, 0.05) is 70.9 Å². The standard InChI is InChI=1S/C40H45N3O11S/c1-17-7-6-8-24-38(47)43-25-12-21(28-29(25)36-35(52-16-53-36)18(2)34(28)54-19(3)44)37(31(43)30-22(14-42(24)30)32(46)33(17)51-5)55-15-40(39(48)49)23-13-27(50-4)26(45)11-20(23)9-10-41-40/h7,11,13-14,21,24-25,30-31,37-38,41,45-47H,6,8-10,12,15-16H2,1-5H3,(H,48,49)/b17-7-,33-32-/t21?,24-,25?,30+,31?,37+,38-,40+/m0/s1. The van der Waals surface area contributed by atoms with Gasteiger partial charge in [-0.3, -0.25) is 15.0 Å². The van der Waals surface area contributed by atoms with Crippen LogP contribution in [0, 0.1) is 6.92 Å². The number of methoxy groups -OCH3 is 2. The first kappa shape index (κ1) is 36.1. The number of rotatable bonds is 7. The second-order valence-corrected chi connectivity index (χ2v) is 16.5. The van der Waals surface area contributed by atoms with Gasteiger partial charge in [0.05, 0.1) is 26.3 Å². The van der Waals surface area contributed by atoms with Crippen molar-refractivity contribution in [1.29, 1.82) is 0 Å². The lowest BCUT2D eigenvalue weighted by atomic mass is 9.75. The van der Waals surface area contributed by atoms with Gasteiger partial charge in [-0.15, -0.1) is 0 Å². The average Bonchev–Trinajstić information content (AvgIpc) is 3.75. The highest BCUT2D eigenvalue weighted by molar-refractivity contribution is 8.00. The molecule has 0 saturated carbocycles. The van der Waals surface area contributed by atoms with Crippen molar-refractivity contribution < 1.29 is 53.7 Å². The van der Waals surface area contributed by atoms with E-state index in [2.05, 4.69) is 15.1 Å². The van der Waals surface area contributed by atoms with Crippen molar-refractivity contribution in [3.8, 4) is 28.7 Å². The Balaban J connectivity index is 1.24. The van der Waals surface area contributed by atoms with Crippen molar-refractivity contribution in [2.24, 2.45) is 0 Å². The van der Waals surface area contributed by atoms with Crippen LogP contribution in [0.4, 0.5) is 0 Å². The van der Waals surface area contributed by atoms with Crippen molar-refractivity contribution in [3.63, 3.8) is 0 Å². The second-order valence-electron chi connectivity index (χ2n) is 15.4. The summed E-state index contributed by atoms with van der Waals surface area (Å²) < 4.78 is 29.4. The Hall–Kier alpha value is -4.57. The number of ether oxygens (including phenoxy) is 5. The molecule has 8 atom stereocenters. The zero-order valence-corrected chi connectivity index (χ0v) is 32.1. The average molecular weight is 776 g/mol. The quantitative estimate of drug-likeness (QED) is 0.199. The van der Waals surface area contributed by atoms with Crippen LogP contribution >= 0.6 is 11.8 Å². The van der Waals surface area contributed by atoms with E-state index in [-0.39, 0.29) is 47.8 Å². The minimum Gasteiger partial charge on any atom is -0.504 e. The molecule has 4 bridgehead atoms. The molecule has 5 N–H and O–H groups in total. The number of carbonyl (C=O) groups excluding carboxylic acids is 1. The summed E-state index contributed by atoms with van der Waals surface area (Å²) in [5.74, 6) is 0.214. The molecule has 0 amide bonds. The molecule has 15 heteroatoms. The third kappa shape index (κ3) is 5.05. The molecular weight excluding hydrogens is 731 g/mol. The fraction of sp³-hybridized carbons (Fsp3) is 0.500. The minimum atomic E-state index is -1.56. The van der Waals surface area contributed by atoms with E-state index in [1.54, 1.807) is 12.1 Å². The summed E-state index contributed by atoms with van der Waals surface area (Å²) in [6.07, 6.45) is 5.30. The molecular formula is C40H45N3O11S. The third-order valence-corrected chi connectivity index (χ3v) is 14.3. The number of nitrogens with one attached hydrogen (secondary N) is 1. The van der Waals surface area contributed by atoms with E-state index in [9.17, 15) is 30.0 Å². The van der Waals surface area contributed by atoms with Gasteiger partial charge < -0.3 is 49.0 Å². The topological polar surface area (TPSA) is 180 Å². The molecule has 7 aliphatic rings. The number of hydrogen-bond donors (Lipinski definition) is 5. The fourth-order valence-corrected chi connectivity index (χ4v) is 12.2. The van der Waals surface area contributed by atoms with Crippen LogP contribution in [0.15, 0.2) is 47.1 Å². The Bertz CT molecular complexity index is 2120. The van der Waals surface area contributed by atoms with E-state index in [1.165, 1.54) is 32.9 Å². The number of fused-ring (bicyclic) bond motifs is 6. The molecule has 0 spiro atoms. The van der Waals surface area contributed by atoms with Gasteiger partial charge in [-0.05, 0) is 68.4 Å². The molecule has 14 nitrogen and oxygen atoms in total. The number of phenolic OH excluding ortho intramolecular Hbond substituents is 1. The highest BCUT2D eigenvalue weighted by Crippen LogP contribution is 2.66. The number of carboxylic acids is 1. The first-order valence-corrected chi connectivity index (χ1v) is 19.7. The summed E-state index contributed by atoms with van der Waals surface area (Å²) in [4.78, 5) is 30.6.